The van der Waals surface area contributed by atoms with Gasteiger partial charge in [0.2, 0.25) is 0 Å². The number of hydrogen-bond donors (Lipinski definition) is 1. The van der Waals surface area contributed by atoms with Gasteiger partial charge in [-0.05, 0) is 68.0 Å². The van der Waals surface area contributed by atoms with Crippen molar-refractivity contribution in [3.63, 3.8) is 0 Å². The average molecular weight is 360 g/mol. The molecule has 0 aliphatic carbocycles. The molecule has 1 aromatic rings. The Morgan fingerprint density at radius 2 is 2.30 bits per heavy atom. The summed E-state index contributed by atoms with van der Waals surface area (Å²) in [6.45, 7) is 7.89. The van der Waals surface area contributed by atoms with Crippen LogP contribution in [0.1, 0.15) is 37.6 Å². The summed E-state index contributed by atoms with van der Waals surface area (Å²) < 4.78 is 1.18. The molecule has 0 spiro atoms. The highest BCUT2D eigenvalue weighted by Gasteiger charge is 2.29. The molecule has 0 amide bonds. The van der Waals surface area contributed by atoms with Gasteiger partial charge >= 0.3 is 0 Å². The van der Waals surface area contributed by atoms with E-state index in [9.17, 15) is 0 Å². The maximum absolute atomic E-state index is 6.26. The van der Waals surface area contributed by atoms with E-state index < -0.39 is 0 Å². The lowest BCUT2D eigenvalue weighted by molar-refractivity contribution is 0.153. The molecule has 1 aliphatic rings. The zero-order chi connectivity index (χ0) is 14.7. The van der Waals surface area contributed by atoms with Crippen molar-refractivity contribution in [2.24, 2.45) is 5.73 Å². The van der Waals surface area contributed by atoms with Gasteiger partial charge in [0.25, 0.3) is 0 Å². The molecule has 2 rings (SSSR count). The minimum atomic E-state index is 0.141. The minimum Gasteiger partial charge on any atom is -0.326 e. The van der Waals surface area contributed by atoms with Crippen LogP contribution < -0.4 is 5.73 Å². The van der Waals surface area contributed by atoms with Crippen molar-refractivity contribution in [2.45, 2.75) is 44.8 Å². The first kappa shape index (κ1) is 16.4. The lowest BCUT2D eigenvalue weighted by atomic mass is 10.1. The Hall–Kier alpha value is 0.0600. The van der Waals surface area contributed by atoms with E-state index in [1.807, 2.05) is 0 Å². The molecule has 20 heavy (non-hydrogen) atoms. The molecule has 1 saturated heterocycles. The number of hydrogen-bond acceptors (Lipinski definition) is 4. The van der Waals surface area contributed by atoms with Gasteiger partial charge in [-0.2, -0.15) is 0 Å². The largest absolute Gasteiger partial charge is 0.326 e. The molecule has 0 radical (unpaired) electrons. The standard InChI is InChI=1S/C15H26BrN3S/c1-4-19-9-5-6-12(19)10-18(3)15(11(2)17)13-7-8-14(16)20-13/h7-8,11-12,15H,4-6,9-10,17H2,1-3H3. The Balaban J connectivity index is 2.05. The lowest BCUT2D eigenvalue weighted by Gasteiger charge is -2.34. The van der Waals surface area contributed by atoms with E-state index in [-0.39, 0.29) is 6.04 Å². The molecule has 1 fully saturated rings. The van der Waals surface area contributed by atoms with E-state index in [4.69, 9.17) is 5.73 Å². The van der Waals surface area contributed by atoms with Crippen LogP contribution in [0, 0.1) is 0 Å². The molecular weight excluding hydrogens is 334 g/mol. The zero-order valence-corrected chi connectivity index (χ0v) is 15.1. The van der Waals surface area contributed by atoms with Crippen molar-refractivity contribution < 1.29 is 0 Å². The van der Waals surface area contributed by atoms with Gasteiger partial charge in [0.1, 0.15) is 0 Å². The summed E-state index contributed by atoms with van der Waals surface area (Å²) in [7, 11) is 2.22. The monoisotopic (exact) mass is 359 g/mol. The van der Waals surface area contributed by atoms with E-state index >= 15 is 0 Å². The maximum atomic E-state index is 6.26. The number of thiophene rings is 1. The molecule has 2 N–H and O–H groups in total. The highest BCUT2D eigenvalue weighted by atomic mass is 79.9. The quantitative estimate of drug-likeness (QED) is 0.845. The van der Waals surface area contributed by atoms with Crippen molar-refractivity contribution in [1.29, 1.82) is 0 Å². The van der Waals surface area contributed by atoms with E-state index in [1.165, 1.54) is 28.0 Å². The molecular formula is C15H26BrN3S. The summed E-state index contributed by atoms with van der Waals surface area (Å²) in [5.74, 6) is 0. The molecule has 3 unspecified atom stereocenters. The molecule has 0 bridgehead atoms. The number of halogens is 1. The van der Waals surface area contributed by atoms with Gasteiger partial charge < -0.3 is 5.73 Å². The van der Waals surface area contributed by atoms with Crippen LogP contribution in [0.15, 0.2) is 15.9 Å². The summed E-state index contributed by atoms with van der Waals surface area (Å²) in [6.07, 6.45) is 2.65. The first-order valence-corrected chi connectivity index (χ1v) is 9.09. The second-order valence-electron chi connectivity index (χ2n) is 5.81. The Kier molecular flexibility index (Phi) is 6.05. The Morgan fingerprint density at radius 3 is 2.85 bits per heavy atom. The molecule has 0 aromatic carbocycles. The highest BCUT2D eigenvalue weighted by molar-refractivity contribution is 9.11. The van der Waals surface area contributed by atoms with Gasteiger partial charge in [-0.25, -0.2) is 0 Å². The molecule has 1 aliphatic heterocycles. The van der Waals surface area contributed by atoms with Gasteiger partial charge in [0.05, 0.1) is 9.83 Å². The van der Waals surface area contributed by atoms with E-state index in [0.717, 1.165) is 13.1 Å². The Labute approximate surface area is 135 Å². The van der Waals surface area contributed by atoms with Crippen LogP contribution >= 0.6 is 27.3 Å². The third-order valence-electron chi connectivity index (χ3n) is 4.26. The van der Waals surface area contributed by atoms with Crippen LogP contribution in [-0.2, 0) is 0 Å². The van der Waals surface area contributed by atoms with Crippen molar-refractivity contribution >= 4 is 27.3 Å². The fraction of sp³-hybridized carbons (Fsp3) is 0.733. The fourth-order valence-corrected chi connectivity index (χ4v) is 5.03. The van der Waals surface area contributed by atoms with Gasteiger partial charge in [0, 0.05) is 23.5 Å². The molecule has 0 saturated carbocycles. The Morgan fingerprint density at radius 1 is 1.55 bits per heavy atom. The number of rotatable bonds is 6. The van der Waals surface area contributed by atoms with Crippen molar-refractivity contribution in [3.05, 3.63) is 20.8 Å². The third-order valence-corrected chi connectivity index (χ3v) is 5.96. The van der Waals surface area contributed by atoms with Crippen LogP contribution in [0.4, 0.5) is 0 Å². The Bertz CT molecular complexity index is 421. The number of nitrogens with zero attached hydrogens (tertiary/aromatic N) is 2. The van der Waals surface area contributed by atoms with Gasteiger partial charge in [-0.3, -0.25) is 9.80 Å². The van der Waals surface area contributed by atoms with Crippen molar-refractivity contribution in [1.82, 2.24) is 9.80 Å². The number of likely N-dealkylation sites (N-methyl/N-ethyl adjacent to an activating group) is 2. The lowest BCUT2D eigenvalue weighted by Crippen LogP contribution is -2.44. The first-order valence-electron chi connectivity index (χ1n) is 7.48. The summed E-state index contributed by atoms with van der Waals surface area (Å²) in [6, 6.07) is 5.46. The minimum absolute atomic E-state index is 0.141. The smallest absolute Gasteiger partial charge is 0.0702 e. The molecule has 3 nitrogen and oxygen atoms in total. The topological polar surface area (TPSA) is 32.5 Å². The predicted octanol–water partition coefficient (Wildman–Crippen LogP) is 3.32. The predicted molar refractivity (Wildman–Crippen MR) is 91.3 cm³/mol. The van der Waals surface area contributed by atoms with Crippen LogP contribution in [0.25, 0.3) is 0 Å². The normalized spacial score (nSPS) is 23.4. The molecule has 114 valence electrons. The van der Waals surface area contributed by atoms with Gasteiger partial charge in [-0.1, -0.05) is 6.92 Å². The SMILES string of the molecule is CCN1CCCC1CN(C)C(c1ccc(Br)s1)C(C)N. The van der Waals surface area contributed by atoms with Gasteiger partial charge in [-0.15, -0.1) is 11.3 Å². The number of nitrogens with two attached hydrogens (primary N) is 1. The van der Waals surface area contributed by atoms with E-state index in [0.29, 0.717) is 12.1 Å². The average Bonchev–Trinajstić information content (AvgIpc) is 2.98. The molecule has 3 atom stereocenters. The van der Waals surface area contributed by atoms with E-state index in [1.54, 1.807) is 11.3 Å². The second-order valence-corrected chi connectivity index (χ2v) is 8.30. The first-order chi connectivity index (χ1) is 9.52. The fourth-order valence-electron chi connectivity index (χ4n) is 3.33. The summed E-state index contributed by atoms with van der Waals surface area (Å²) in [4.78, 5) is 6.40. The third kappa shape index (κ3) is 3.83. The van der Waals surface area contributed by atoms with Crippen LogP contribution in [0.2, 0.25) is 0 Å². The molecule has 5 heteroatoms. The number of likely N-dealkylation sites (tertiary alicyclic amines) is 1. The second kappa shape index (κ2) is 7.36. The van der Waals surface area contributed by atoms with Crippen LogP contribution in [0.3, 0.4) is 0 Å². The maximum Gasteiger partial charge on any atom is 0.0702 e. The molecule has 2 heterocycles. The van der Waals surface area contributed by atoms with Crippen LogP contribution in [-0.4, -0.2) is 48.6 Å². The van der Waals surface area contributed by atoms with Crippen molar-refractivity contribution in [3.8, 4) is 0 Å². The summed E-state index contributed by atoms with van der Waals surface area (Å²) >= 11 is 5.36. The molecule has 1 aromatic heterocycles. The van der Waals surface area contributed by atoms with E-state index in [2.05, 4.69) is 58.8 Å². The zero-order valence-electron chi connectivity index (χ0n) is 12.7. The van der Waals surface area contributed by atoms with Gasteiger partial charge in [0.15, 0.2) is 0 Å². The van der Waals surface area contributed by atoms with Crippen molar-refractivity contribution in [2.75, 3.05) is 26.7 Å². The highest BCUT2D eigenvalue weighted by Crippen LogP contribution is 2.32. The summed E-state index contributed by atoms with van der Waals surface area (Å²) in [5, 5.41) is 0. The van der Waals surface area contributed by atoms with Crippen LogP contribution in [0.5, 0.6) is 0 Å². The summed E-state index contributed by atoms with van der Waals surface area (Å²) in [5.41, 5.74) is 6.26.